The highest BCUT2D eigenvalue weighted by Crippen LogP contribution is 2.07. The Labute approximate surface area is 85.2 Å². The molecular weight excluding hydrogens is 199 g/mol. The molecule has 0 atom stereocenters. The fraction of sp³-hybridized carbons (Fsp3) is 0. The van der Waals surface area contributed by atoms with Gasteiger partial charge in [0.05, 0.1) is 5.69 Å². The van der Waals surface area contributed by atoms with Gasteiger partial charge in [0.15, 0.2) is 6.19 Å². The summed E-state index contributed by atoms with van der Waals surface area (Å²) in [6, 6.07) is 5.45. The minimum atomic E-state index is -0.632. The van der Waals surface area contributed by atoms with E-state index in [1.54, 1.807) is 0 Å². The van der Waals surface area contributed by atoms with Gasteiger partial charge in [0.2, 0.25) is 0 Å². The van der Waals surface area contributed by atoms with Crippen LogP contribution in [-0.2, 0) is 4.79 Å². The number of hydrogen-bond donors (Lipinski definition) is 2. The summed E-state index contributed by atoms with van der Waals surface area (Å²) in [4.78, 5) is 10.7. The Bertz CT molecular complexity index is 407. The summed E-state index contributed by atoms with van der Waals surface area (Å²) in [6.07, 6.45) is 2.36. The van der Waals surface area contributed by atoms with Crippen molar-refractivity contribution in [3.8, 4) is 6.19 Å². The third-order valence-electron chi connectivity index (χ3n) is 1.40. The summed E-state index contributed by atoms with van der Waals surface area (Å²) < 4.78 is 12.5. The zero-order chi connectivity index (χ0) is 11.1. The fourth-order valence-corrected chi connectivity index (χ4v) is 0.777. The van der Waals surface area contributed by atoms with Crippen molar-refractivity contribution in [3.63, 3.8) is 0 Å². The molecule has 1 aromatic rings. The normalized spacial score (nSPS) is 9.60. The minimum absolute atomic E-state index is 0.355. The Hall–Kier alpha value is -2.42. The zero-order valence-corrected chi connectivity index (χ0v) is 7.57. The van der Waals surface area contributed by atoms with Gasteiger partial charge in [-0.3, -0.25) is 15.5 Å². The van der Waals surface area contributed by atoms with Gasteiger partial charge in [-0.1, -0.05) is 0 Å². The predicted molar refractivity (Wildman–Crippen MR) is 52.3 cm³/mol. The largest absolute Gasteiger partial charge is 0.278 e. The van der Waals surface area contributed by atoms with Crippen molar-refractivity contribution >= 4 is 17.8 Å². The maximum atomic E-state index is 12.5. The standard InChI is InChI=1S/C9H7FN4O/c10-7-1-3-8(4-2-7)14-13-5-9(15)12-6-11/h1-5,14H,(H,12,15)/b13-5-. The lowest BCUT2D eigenvalue weighted by Crippen LogP contribution is -2.18. The number of amides is 1. The highest BCUT2D eigenvalue weighted by molar-refractivity contribution is 6.26. The molecule has 0 saturated carbocycles. The summed E-state index contributed by atoms with van der Waals surface area (Å²) >= 11 is 0. The van der Waals surface area contributed by atoms with Gasteiger partial charge < -0.3 is 0 Å². The number of hydrogen-bond acceptors (Lipinski definition) is 4. The third-order valence-corrected chi connectivity index (χ3v) is 1.40. The van der Waals surface area contributed by atoms with Crippen molar-refractivity contribution < 1.29 is 9.18 Å². The number of anilines is 1. The smallest absolute Gasteiger partial charge is 0.277 e. The SMILES string of the molecule is N#CNC(=O)/C=N\Nc1ccc(F)cc1. The molecule has 0 aromatic heterocycles. The van der Waals surface area contributed by atoms with Crippen LogP contribution in [0.25, 0.3) is 0 Å². The van der Waals surface area contributed by atoms with Crippen molar-refractivity contribution in [2.24, 2.45) is 5.10 Å². The average molecular weight is 206 g/mol. The van der Waals surface area contributed by atoms with Crippen LogP contribution in [0.15, 0.2) is 29.4 Å². The molecular formula is C9H7FN4O. The first kappa shape index (κ1) is 10.7. The summed E-state index contributed by atoms with van der Waals surface area (Å²) in [5, 5.41) is 13.5. The van der Waals surface area contributed by atoms with E-state index in [4.69, 9.17) is 5.26 Å². The van der Waals surface area contributed by atoms with Crippen molar-refractivity contribution in [1.29, 1.82) is 5.26 Å². The van der Waals surface area contributed by atoms with Gasteiger partial charge in [-0.25, -0.2) is 4.39 Å². The molecule has 5 nitrogen and oxygen atoms in total. The van der Waals surface area contributed by atoms with Crippen LogP contribution >= 0.6 is 0 Å². The molecule has 2 N–H and O–H groups in total. The van der Waals surface area contributed by atoms with Gasteiger partial charge in [-0.05, 0) is 24.3 Å². The summed E-state index contributed by atoms with van der Waals surface area (Å²) in [5.41, 5.74) is 3.03. The lowest BCUT2D eigenvalue weighted by atomic mass is 10.3. The predicted octanol–water partition coefficient (Wildman–Crippen LogP) is 0.821. The number of benzene rings is 1. The Morgan fingerprint density at radius 3 is 2.73 bits per heavy atom. The highest BCUT2D eigenvalue weighted by atomic mass is 19.1. The van der Waals surface area contributed by atoms with E-state index in [0.29, 0.717) is 5.69 Å². The molecule has 0 spiro atoms. The average Bonchev–Trinajstić information content (AvgIpc) is 2.21. The molecule has 0 saturated heterocycles. The molecule has 0 aliphatic heterocycles. The van der Waals surface area contributed by atoms with Gasteiger partial charge in [0.1, 0.15) is 12.0 Å². The maximum Gasteiger partial charge on any atom is 0.277 e. The van der Waals surface area contributed by atoms with Crippen molar-refractivity contribution in [2.75, 3.05) is 5.43 Å². The molecule has 0 heterocycles. The molecule has 0 bridgehead atoms. The van der Waals surface area contributed by atoms with E-state index >= 15 is 0 Å². The van der Waals surface area contributed by atoms with Crippen LogP contribution in [0, 0.1) is 17.3 Å². The van der Waals surface area contributed by atoms with Gasteiger partial charge >= 0.3 is 0 Å². The maximum absolute atomic E-state index is 12.5. The number of nitrogens with zero attached hydrogens (tertiary/aromatic N) is 2. The third kappa shape index (κ3) is 3.87. The molecule has 1 aromatic carbocycles. The topological polar surface area (TPSA) is 77.3 Å². The molecule has 0 aliphatic carbocycles. The number of carbonyl (C=O) groups excluding carboxylic acids is 1. The molecule has 0 fully saturated rings. The van der Waals surface area contributed by atoms with Crippen LogP contribution in [-0.4, -0.2) is 12.1 Å². The van der Waals surface area contributed by atoms with E-state index < -0.39 is 5.91 Å². The van der Waals surface area contributed by atoms with Crippen LogP contribution < -0.4 is 10.7 Å². The van der Waals surface area contributed by atoms with Crippen LogP contribution in [0.2, 0.25) is 0 Å². The molecule has 15 heavy (non-hydrogen) atoms. The van der Waals surface area contributed by atoms with Gasteiger partial charge in [0, 0.05) is 0 Å². The van der Waals surface area contributed by atoms with Crippen LogP contribution in [0.1, 0.15) is 0 Å². The van der Waals surface area contributed by atoms with E-state index in [0.717, 1.165) is 6.21 Å². The first-order valence-electron chi connectivity index (χ1n) is 3.96. The monoisotopic (exact) mass is 206 g/mol. The van der Waals surface area contributed by atoms with Crippen LogP contribution in [0.3, 0.4) is 0 Å². The number of nitrogens with one attached hydrogen (secondary N) is 2. The number of halogens is 1. The van der Waals surface area contributed by atoms with E-state index in [-0.39, 0.29) is 5.82 Å². The quantitative estimate of drug-likeness (QED) is 0.332. The molecule has 0 aliphatic rings. The number of nitriles is 1. The second-order valence-electron chi connectivity index (χ2n) is 2.48. The summed E-state index contributed by atoms with van der Waals surface area (Å²) in [6.45, 7) is 0. The number of hydrazone groups is 1. The molecule has 0 unspecified atom stereocenters. The van der Waals surface area contributed by atoms with Gasteiger partial charge in [-0.2, -0.15) is 10.4 Å². The molecule has 1 amide bonds. The summed E-state index contributed by atoms with van der Waals surface area (Å²) in [5.74, 6) is -0.987. The van der Waals surface area contributed by atoms with Crippen LogP contribution in [0.5, 0.6) is 0 Å². The Kier molecular flexibility index (Phi) is 3.79. The summed E-state index contributed by atoms with van der Waals surface area (Å²) in [7, 11) is 0. The van der Waals surface area contributed by atoms with Crippen molar-refractivity contribution in [3.05, 3.63) is 30.1 Å². The second kappa shape index (κ2) is 5.34. The first-order valence-corrected chi connectivity index (χ1v) is 3.96. The molecule has 1 rings (SSSR count). The van der Waals surface area contributed by atoms with E-state index in [9.17, 15) is 9.18 Å². The Morgan fingerprint density at radius 2 is 2.13 bits per heavy atom. The number of carbonyl (C=O) groups is 1. The lowest BCUT2D eigenvalue weighted by molar-refractivity contribution is -0.113. The van der Waals surface area contributed by atoms with E-state index in [2.05, 4.69) is 10.5 Å². The Morgan fingerprint density at radius 1 is 1.47 bits per heavy atom. The van der Waals surface area contributed by atoms with Crippen molar-refractivity contribution in [1.82, 2.24) is 5.32 Å². The van der Waals surface area contributed by atoms with E-state index in [1.165, 1.54) is 30.5 Å². The molecule has 76 valence electrons. The fourth-order valence-electron chi connectivity index (χ4n) is 0.777. The number of rotatable bonds is 3. The zero-order valence-electron chi connectivity index (χ0n) is 7.57. The van der Waals surface area contributed by atoms with Crippen LogP contribution in [0.4, 0.5) is 10.1 Å². The lowest BCUT2D eigenvalue weighted by Gasteiger charge is -1.97. The molecule has 0 radical (unpaired) electrons. The van der Waals surface area contributed by atoms with E-state index in [1.807, 2.05) is 5.32 Å². The van der Waals surface area contributed by atoms with Crippen molar-refractivity contribution in [2.45, 2.75) is 0 Å². The second-order valence-corrected chi connectivity index (χ2v) is 2.48. The first-order chi connectivity index (χ1) is 7.22. The Balaban J connectivity index is 2.47. The van der Waals surface area contributed by atoms with Gasteiger partial charge in [-0.15, -0.1) is 0 Å². The molecule has 6 heteroatoms. The highest BCUT2D eigenvalue weighted by Gasteiger charge is 1.93. The van der Waals surface area contributed by atoms with Gasteiger partial charge in [0.25, 0.3) is 5.91 Å². The minimum Gasteiger partial charge on any atom is -0.278 e.